The molecule has 2 saturated heterocycles. The molecule has 2 aliphatic rings. The maximum absolute atomic E-state index is 11.2. The molecule has 0 aromatic carbocycles. The van der Waals surface area contributed by atoms with Crippen LogP contribution in [0.15, 0.2) is 0 Å². The van der Waals surface area contributed by atoms with Crippen molar-refractivity contribution in [2.75, 3.05) is 7.11 Å². The summed E-state index contributed by atoms with van der Waals surface area (Å²) >= 11 is 0. The van der Waals surface area contributed by atoms with E-state index >= 15 is 0 Å². The standard InChI is InChI=1S/C11H18O5/c1-6-9-10(16-11(2,3)15-9)7(14-6)5-8(12)13-4/h6-7,9-10H,5H2,1-4H3/t6-,7+,9-,10+/m0/s1. The van der Waals surface area contributed by atoms with Crippen LogP contribution in [-0.2, 0) is 23.7 Å². The van der Waals surface area contributed by atoms with Gasteiger partial charge in [-0.2, -0.15) is 0 Å². The number of methoxy groups -OCH3 is 1. The quantitative estimate of drug-likeness (QED) is 0.658. The molecule has 5 heteroatoms. The fraction of sp³-hybridized carbons (Fsp3) is 0.909. The molecular weight excluding hydrogens is 212 g/mol. The minimum atomic E-state index is -0.595. The first-order valence-electron chi connectivity index (χ1n) is 5.51. The van der Waals surface area contributed by atoms with Gasteiger partial charge < -0.3 is 18.9 Å². The van der Waals surface area contributed by atoms with Gasteiger partial charge in [0, 0.05) is 0 Å². The van der Waals surface area contributed by atoms with Crippen LogP contribution < -0.4 is 0 Å². The monoisotopic (exact) mass is 230 g/mol. The van der Waals surface area contributed by atoms with Crippen molar-refractivity contribution in [3.63, 3.8) is 0 Å². The van der Waals surface area contributed by atoms with Gasteiger partial charge in [-0.1, -0.05) is 0 Å². The third-order valence-electron chi connectivity index (χ3n) is 2.98. The summed E-state index contributed by atoms with van der Waals surface area (Å²) in [4.78, 5) is 11.2. The Morgan fingerprint density at radius 2 is 1.94 bits per heavy atom. The van der Waals surface area contributed by atoms with Crippen molar-refractivity contribution >= 4 is 5.97 Å². The summed E-state index contributed by atoms with van der Waals surface area (Å²) in [5.41, 5.74) is 0. The van der Waals surface area contributed by atoms with Gasteiger partial charge in [-0.15, -0.1) is 0 Å². The number of carbonyl (C=O) groups is 1. The van der Waals surface area contributed by atoms with Crippen molar-refractivity contribution in [1.29, 1.82) is 0 Å². The van der Waals surface area contributed by atoms with Gasteiger partial charge in [0.05, 0.1) is 25.7 Å². The smallest absolute Gasteiger partial charge is 0.308 e. The first kappa shape index (κ1) is 11.8. The van der Waals surface area contributed by atoms with E-state index in [1.807, 2.05) is 20.8 Å². The van der Waals surface area contributed by atoms with Crippen molar-refractivity contribution in [2.24, 2.45) is 0 Å². The molecule has 0 saturated carbocycles. The summed E-state index contributed by atoms with van der Waals surface area (Å²) in [5.74, 6) is -0.881. The third-order valence-corrected chi connectivity index (χ3v) is 2.98. The van der Waals surface area contributed by atoms with Crippen LogP contribution in [0.2, 0.25) is 0 Å². The van der Waals surface area contributed by atoms with Gasteiger partial charge in [0.25, 0.3) is 0 Å². The topological polar surface area (TPSA) is 54.0 Å². The first-order chi connectivity index (χ1) is 7.43. The molecule has 0 bridgehead atoms. The Morgan fingerprint density at radius 3 is 2.56 bits per heavy atom. The number of carbonyl (C=O) groups excluding carboxylic acids is 1. The van der Waals surface area contributed by atoms with E-state index in [0.717, 1.165) is 0 Å². The van der Waals surface area contributed by atoms with Crippen LogP contribution in [0.5, 0.6) is 0 Å². The summed E-state index contributed by atoms with van der Waals surface area (Å²) in [5, 5.41) is 0. The van der Waals surface area contributed by atoms with Crippen molar-refractivity contribution in [2.45, 2.75) is 57.4 Å². The summed E-state index contributed by atoms with van der Waals surface area (Å²) in [6.45, 7) is 5.67. The Kier molecular flexibility index (Phi) is 2.94. The van der Waals surface area contributed by atoms with Gasteiger partial charge in [-0.25, -0.2) is 0 Å². The van der Waals surface area contributed by atoms with Crippen molar-refractivity contribution < 1.29 is 23.7 Å². The van der Waals surface area contributed by atoms with Gasteiger partial charge in [0.1, 0.15) is 12.2 Å². The number of ether oxygens (including phenoxy) is 4. The van der Waals surface area contributed by atoms with Crippen LogP contribution in [0, 0.1) is 0 Å². The van der Waals surface area contributed by atoms with E-state index in [1.54, 1.807) is 0 Å². The number of hydrogen-bond acceptors (Lipinski definition) is 5. The van der Waals surface area contributed by atoms with E-state index in [1.165, 1.54) is 7.11 Å². The van der Waals surface area contributed by atoms with Gasteiger partial charge in [-0.05, 0) is 20.8 Å². The average Bonchev–Trinajstić information content (AvgIpc) is 2.64. The number of hydrogen-bond donors (Lipinski definition) is 0. The highest BCUT2D eigenvalue weighted by Gasteiger charge is 2.53. The van der Waals surface area contributed by atoms with Gasteiger partial charge in [0.15, 0.2) is 5.79 Å². The van der Waals surface area contributed by atoms with Crippen LogP contribution >= 0.6 is 0 Å². The maximum Gasteiger partial charge on any atom is 0.308 e. The van der Waals surface area contributed by atoms with Gasteiger partial charge in [0.2, 0.25) is 0 Å². The van der Waals surface area contributed by atoms with E-state index in [-0.39, 0.29) is 36.8 Å². The minimum absolute atomic E-state index is 0.0542. The number of esters is 1. The molecule has 92 valence electrons. The Hall–Kier alpha value is -0.650. The first-order valence-corrected chi connectivity index (χ1v) is 5.51. The molecular formula is C11H18O5. The van der Waals surface area contributed by atoms with E-state index in [9.17, 15) is 4.79 Å². The highest BCUT2D eigenvalue weighted by molar-refractivity contribution is 5.70. The molecule has 0 amide bonds. The summed E-state index contributed by atoms with van der Waals surface area (Å²) in [7, 11) is 1.37. The predicted molar refractivity (Wildman–Crippen MR) is 54.8 cm³/mol. The van der Waals surface area contributed by atoms with Gasteiger partial charge >= 0.3 is 5.97 Å². The fourth-order valence-corrected chi connectivity index (χ4v) is 2.31. The molecule has 0 aromatic heterocycles. The zero-order valence-corrected chi connectivity index (χ0v) is 10.1. The molecule has 0 aliphatic carbocycles. The Balaban J connectivity index is 2.04. The molecule has 0 spiro atoms. The second kappa shape index (κ2) is 3.98. The fourth-order valence-electron chi connectivity index (χ4n) is 2.31. The zero-order chi connectivity index (χ0) is 11.9. The van der Waals surface area contributed by atoms with Gasteiger partial charge in [-0.3, -0.25) is 4.79 Å². The van der Waals surface area contributed by atoms with Crippen molar-refractivity contribution in [1.82, 2.24) is 0 Å². The Labute approximate surface area is 95.0 Å². The Bertz CT molecular complexity index is 288. The molecule has 2 fully saturated rings. The molecule has 2 rings (SSSR count). The molecule has 2 aliphatic heterocycles. The van der Waals surface area contributed by atoms with E-state index in [4.69, 9.17) is 14.2 Å². The van der Waals surface area contributed by atoms with E-state index < -0.39 is 5.79 Å². The lowest BCUT2D eigenvalue weighted by atomic mass is 10.1. The average molecular weight is 230 g/mol. The number of rotatable bonds is 2. The predicted octanol–water partition coefficient (Wildman–Crippen LogP) is 0.857. The molecule has 16 heavy (non-hydrogen) atoms. The minimum Gasteiger partial charge on any atom is -0.469 e. The lowest BCUT2D eigenvalue weighted by Crippen LogP contribution is -2.31. The second-order valence-corrected chi connectivity index (χ2v) is 4.72. The van der Waals surface area contributed by atoms with Crippen LogP contribution in [-0.4, -0.2) is 43.3 Å². The highest BCUT2D eigenvalue weighted by Crippen LogP contribution is 2.39. The highest BCUT2D eigenvalue weighted by atomic mass is 16.8. The third kappa shape index (κ3) is 2.07. The molecule has 0 unspecified atom stereocenters. The maximum atomic E-state index is 11.2. The molecule has 0 radical (unpaired) electrons. The summed E-state index contributed by atoms with van der Waals surface area (Å²) in [6, 6.07) is 0. The molecule has 0 N–H and O–H groups in total. The summed E-state index contributed by atoms with van der Waals surface area (Å²) < 4.78 is 21.8. The second-order valence-electron chi connectivity index (χ2n) is 4.72. The lowest BCUT2D eigenvalue weighted by Gasteiger charge is -2.22. The molecule has 4 atom stereocenters. The SMILES string of the molecule is COC(=O)C[C@H]1O[C@@H](C)[C@@H]2OC(C)(C)O[C@@H]21. The van der Waals surface area contributed by atoms with Crippen molar-refractivity contribution in [3.8, 4) is 0 Å². The Morgan fingerprint density at radius 1 is 1.31 bits per heavy atom. The largest absolute Gasteiger partial charge is 0.469 e. The molecule has 0 aromatic rings. The zero-order valence-electron chi connectivity index (χ0n) is 10.1. The normalized spacial score (nSPS) is 40.8. The molecule has 2 heterocycles. The van der Waals surface area contributed by atoms with Crippen LogP contribution in [0.3, 0.4) is 0 Å². The summed E-state index contributed by atoms with van der Waals surface area (Å²) in [6.07, 6.45) is -0.383. The molecule has 5 nitrogen and oxygen atoms in total. The lowest BCUT2D eigenvalue weighted by molar-refractivity contribution is -0.187. The van der Waals surface area contributed by atoms with Crippen LogP contribution in [0.4, 0.5) is 0 Å². The van der Waals surface area contributed by atoms with Crippen LogP contribution in [0.25, 0.3) is 0 Å². The number of fused-ring (bicyclic) bond motifs is 1. The van der Waals surface area contributed by atoms with Crippen molar-refractivity contribution in [3.05, 3.63) is 0 Å². The van der Waals surface area contributed by atoms with E-state index in [0.29, 0.717) is 0 Å². The van der Waals surface area contributed by atoms with E-state index in [2.05, 4.69) is 4.74 Å². The van der Waals surface area contributed by atoms with Crippen LogP contribution in [0.1, 0.15) is 27.2 Å².